The number of thiophene rings is 1. The Kier molecular flexibility index (Phi) is 5.64. The fourth-order valence-corrected chi connectivity index (χ4v) is 6.14. The van der Waals surface area contributed by atoms with Crippen molar-refractivity contribution in [3.8, 4) is 0 Å². The van der Waals surface area contributed by atoms with E-state index in [4.69, 9.17) is 0 Å². The molecule has 0 fully saturated rings. The summed E-state index contributed by atoms with van der Waals surface area (Å²) < 4.78 is 28.4. The molecular weight excluding hydrogens is 304 g/mol. The molecule has 2 N–H and O–H groups in total. The highest BCUT2D eigenvalue weighted by atomic mass is 32.2. The molecule has 0 radical (unpaired) electrons. The van der Waals surface area contributed by atoms with E-state index in [0.29, 0.717) is 11.4 Å². The summed E-state index contributed by atoms with van der Waals surface area (Å²) in [6.45, 7) is 12.6. The van der Waals surface area contributed by atoms with Gasteiger partial charge < -0.3 is 5.32 Å². The van der Waals surface area contributed by atoms with Gasteiger partial charge in [0, 0.05) is 17.0 Å². The molecule has 0 aliphatic heterocycles. The third kappa shape index (κ3) is 5.36. The Morgan fingerprint density at radius 3 is 2.24 bits per heavy atom. The number of nitrogens with one attached hydrogen (secondary N) is 2. The third-order valence-electron chi connectivity index (χ3n) is 2.98. The molecule has 1 aromatic heterocycles. The van der Waals surface area contributed by atoms with Crippen LogP contribution in [-0.2, 0) is 16.6 Å². The minimum Gasteiger partial charge on any atom is -0.315 e. The maximum atomic E-state index is 12.8. The van der Waals surface area contributed by atoms with Gasteiger partial charge in [-0.2, -0.15) is 0 Å². The first-order valence-corrected chi connectivity index (χ1v) is 9.50. The summed E-state index contributed by atoms with van der Waals surface area (Å²) in [5.74, 6) is 0. The average Bonchev–Trinajstić information content (AvgIpc) is 2.55. The Morgan fingerprint density at radius 2 is 1.76 bits per heavy atom. The zero-order valence-corrected chi connectivity index (χ0v) is 15.8. The highest BCUT2D eigenvalue weighted by molar-refractivity contribution is 7.89. The summed E-state index contributed by atoms with van der Waals surface area (Å²) in [7, 11) is -1.69. The van der Waals surface area contributed by atoms with Crippen LogP contribution in [-0.4, -0.2) is 21.0 Å². The minimum atomic E-state index is -3.51. The van der Waals surface area contributed by atoms with Gasteiger partial charge in [-0.05, 0) is 50.6 Å². The van der Waals surface area contributed by atoms with Gasteiger partial charge in [0.15, 0.2) is 0 Å². The summed E-state index contributed by atoms with van der Waals surface area (Å²) in [4.78, 5) is 1.29. The van der Waals surface area contributed by atoms with Crippen LogP contribution in [0, 0.1) is 12.3 Å². The maximum Gasteiger partial charge on any atom is 0.242 e. The molecule has 122 valence electrons. The van der Waals surface area contributed by atoms with E-state index in [9.17, 15) is 8.42 Å². The fourth-order valence-electron chi connectivity index (χ4n) is 2.91. The average molecular weight is 333 g/mol. The molecule has 1 aromatic rings. The van der Waals surface area contributed by atoms with E-state index in [1.807, 2.05) is 33.2 Å². The Labute approximate surface area is 133 Å². The van der Waals surface area contributed by atoms with E-state index in [2.05, 4.69) is 30.8 Å². The van der Waals surface area contributed by atoms with Gasteiger partial charge in [-0.25, -0.2) is 13.1 Å². The first-order valence-electron chi connectivity index (χ1n) is 7.13. The molecule has 21 heavy (non-hydrogen) atoms. The molecule has 0 bridgehead atoms. The van der Waals surface area contributed by atoms with Crippen molar-refractivity contribution in [2.45, 2.75) is 64.9 Å². The summed E-state index contributed by atoms with van der Waals surface area (Å²) in [6.07, 6.45) is 0.768. The van der Waals surface area contributed by atoms with Crippen LogP contribution in [0.3, 0.4) is 0 Å². The lowest BCUT2D eigenvalue weighted by atomic mass is 9.82. The molecule has 0 spiro atoms. The van der Waals surface area contributed by atoms with Crippen molar-refractivity contribution in [2.75, 3.05) is 7.05 Å². The summed E-state index contributed by atoms with van der Waals surface area (Å²) in [5, 5.41) is 4.93. The van der Waals surface area contributed by atoms with E-state index in [0.717, 1.165) is 16.9 Å². The van der Waals surface area contributed by atoms with Crippen LogP contribution >= 0.6 is 11.3 Å². The molecular formula is C15H28N2O2S2. The van der Waals surface area contributed by atoms with Crippen molar-refractivity contribution in [1.29, 1.82) is 0 Å². The lowest BCUT2D eigenvalue weighted by Crippen LogP contribution is -2.46. The molecule has 4 nitrogen and oxygen atoms in total. The maximum absolute atomic E-state index is 12.8. The molecule has 0 amide bonds. The predicted molar refractivity (Wildman–Crippen MR) is 90.3 cm³/mol. The van der Waals surface area contributed by atoms with Gasteiger partial charge >= 0.3 is 0 Å². The van der Waals surface area contributed by atoms with Crippen LogP contribution in [0.4, 0.5) is 0 Å². The highest BCUT2D eigenvalue weighted by Gasteiger charge is 2.32. The monoisotopic (exact) mass is 332 g/mol. The summed E-state index contributed by atoms with van der Waals surface area (Å²) >= 11 is 1.49. The molecule has 0 atom stereocenters. The molecule has 0 aliphatic carbocycles. The SMILES string of the molecule is CNCc1scc(C)c1S(=O)(=O)NC(C)(C)CC(C)(C)C. The first kappa shape index (κ1) is 18.6. The minimum absolute atomic E-state index is 0.0590. The number of hydrogen-bond donors (Lipinski definition) is 2. The Hall–Kier alpha value is -0.430. The van der Waals surface area contributed by atoms with Crippen LogP contribution in [0.5, 0.6) is 0 Å². The topological polar surface area (TPSA) is 58.2 Å². The number of hydrogen-bond acceptors (Lipinski definition) is 4. The van der Waals surface area contributed by atoms with Crippen molar-refractivity contribution < 1.29 is 8.42 Å². The van der Waals surface area contributed by atoms with Gasteiger partial charge in [0.25, 0.3) is 0 Å². The van der Waals surface area contributed by atoms with Gasteiger partial charge in [0.1, 0.15) is 4.90 Å². The Morgan fingerprint density at radius 1 is 1.19 bits per heavy atom. The van der Waals surface area contributed by atoms with Gasteiger partial charge in [0.05, 0.1) is 0 Å². The van der Waals surface area contributed by atoms with E-state index in [1.54, 1.807) is 0 Å². The summed E-state index contributed by atoms with van der Waals surface area (Å²) in [5.41, 5.74) is 0.385. The largest absolute Gasteiger partial charge is 0.315 e. The molecule has 1 rings (SSSR count). The fraction of sp³-hybridized carbons (Fsp3) is 0.733. The van der Waals surface area contributed by atoms with E-state index in [-0.39, 0.29) is 5.41 Å². The van der Waals surface area contributed by atoms with Gasteiger partial charge in [-0.15, -0.1) is 11.3 Å². The predicted octanol–water partition coefficient (Wildman–Crippen LogP) is 3.27. The third-order valence-corrected chi connectivity index (χ3v) is 6.14. The van der Waals surface area contributed by atoms with Crippen molar-refractivity contribution in [1.82, 2.24) is 10.0 Å². The van der Waals surface area contributed by atoms with E-state index < -0.39 is 15.6 Å². The van der Waals surface area contributed by atoms with Crippen molar-refractivity contribution in [3.05, 3.63) is 15.8 Å². The van der Waals surface area contributed by atoms with Crippen molar-refractivity contribution in [2.24, 2.45) is 5.41 Å². The zero-order chi connectivity index (χ0) is 16.5. The zero-order valence-electron chi connectivity index (χ0n) is 14.1. The second kappa shape index (κ2) is 6.36. The van der Waals surface area contributed by atoms with Gasteiger partial charge in [-0.1, -0.05) is 20.8 Å². The Balaban J connectivity index is 3.10. The second-order valence-corrected chi connectivity index (χ2v) is 10.0. The Bertz CT molecular complexity index is 581. The van der Waals surface area contributed by atoms with Crippen LogP contribution in [0.1, 0.15) is 51.5 Å². The van der Waals surface area contributed by atoms with Gasteiger partial charge in [0.2, 0.25) is 10.0 Å². The molecule has 0 saturated heterocycles. The van der Waals surface area contributed by atoms with E-state index in [1.165, 1.54) is 11.3 Å². The molecule has 0 aliphatic rings. The standard InChI is InChI=1S/C15H28N2O2S2/c1-11-9-20-12(8-16-7)13(11)21(18,19)17-15(5,6)10-14(2,3)4/h9,16-17H,8,10H2,1-7H3. The first-order chi connectivity index (χ1) is 9.38. The summed E-state index contributed by atoms with van der Waals surface area (Å²) in [6, 6.07) is 0. The molecule has 0 saturated carbocycles. The van der Waals surface area contributed by atoms with Crippen LogP contribution in [0.15, 0.2) is 10.3 Å². The van der Waals surface area contributed by atoms with E-state index >= 15 is 0 Å². The molecule has 0 unspecified atom stereocenters. The highest BCUT2D eigenvalue weighted by Crippen LogP contribution is 2.31. The molecule has 1 heterocycles. The number of sulfonamides is 1. The lowest BCUT2D eigenvalue weighted by molar-refractivity contribution is 0.269. The smallest absolute Gasteiger partial charge is 0.242 e. The molecule has 0 aromatic carbocycles. The van der Waals surface area contributed by atoms with Crippen LogP contribution in [0.2, 0.25) is 0 Å². The normalized spacial score (nSPS) is 13.7. The second-order valence-electron chi connectivity index (χ2n) is 7.43. The number of aryl methyl sites for hydroxylation is 1. The quantitative estimate of drug-likeness (QED) is 0.840. The van der Waals surface area contributed by atoms with Crippen LogP contribution < -0.4 is 10.0 Å². The molecule has 6 heteroatoms. The van der Waals surface area contributed by atoms with Crippen LogP contribution in [0.25, 0.3) is 0 Å². The van der Waals surface area contributed by atoms with Crippen molar-refractivity contribution in [3.63, 3.8) is 0 Å². The number of rotatable bonds is 6. The van der Waals surface area contributed by atoms with Gasteiger partial charge in [-0.3, -0.25) is 0 Å². The lowest BCUT2D eigenvalue weighted by Gasteiger charge is -2.33. The van der Waals surface area contributed by atoms with Crippen molar-refractivity contribution >= 4 is 21.4 Å².